The smallest absolute Gasteiger partial charge is 0.352 e. The number of amides is 2. The highest BCUT2D eigenvalue weighted by Crippen LogP contribution is 2.50. The molecular formula is C19H21N6O9PS2. The summed E-state index contributed by atoms with van der Waals surface area (Å²) >= 11 is 1.83. The Balaban J connectivity index is 1.65. The molecule has 6 N–H and O–H groups in total. The van der Waals surface area contributed by atoms with Crippen molar-refractivity contribution >= 4 is 48.9 Å². The van der Waals surface area contributed by atoms with E-state index in [-0.39, 0.29) is 22.0 Å². The molecule has 198 valence electrons. The average molecular weight is 573 g/mol. The molecule has 15 nitrogen and oxygen atoms in total. The number of rotatable bonds is 10. The summed E-state index contributed by atoms with van der Waals surface area (Å²) in [6, 6.07) is 7.99. The minimum atomic E-state index is -4.64. The Labute approximate surface area is 217 Å². The molecule has 1 saturated heterocycles. The Hall–Kier alpha value is -2.79. The molecule has 37 heavy (non-hydrogen) atoms. The number of carbonyl (C=O) groups excluding carboxylic acids is 2. The molecule has 1 fully saturated rings. The number of nitrogens with zero attached hydrogens (tertiary/aromatic N) is 4. The van der Waals surface area contributed by atoms with Gasteiger partial charge in [-0.1, -0.05) is 42.1 Å². The summed E-state index contributed by atoms with van der Waals surface area (Å²) in [5, 5.41) is 33.7. The van der Waals surface area contributed by atoms with Crippen molar-refractivity contribution in [3.8, 4) is 0 Å². The Morgan fingerprint density at radius 1 is 1.38 bits per heavy atom. The van der Waals surface area contributed by atoms with Gasteiger partial charge >= 0.3 is 13.6 Å². The lowest BCUT2D eigenvalue weighted by atomic mass is 9.96. The van der Waals surface area contributed by atoms with E-state index in [1.165, 1.54) is 12.1 Å². The number of carboxylic acids is 1. The van der Waals surface area contributed by atoms with Gasteiger partial charge in [-0.15, -0.1) is 16.9 Å². The van der Waals surface area contributed by atoms with Crippen LogP contribution in [0.25, 0.3) is 0 Å². The lowest BCUT2D eigenvalue weighted by molar-refractivity contribution is -0.193. The molecule has 1 aromatic heterocycles. The van der Waals surface area contributed by atoms with Crippen molar-refractivity contribution in [1.82, 2.24) is 30.8 Å². The first-order valence-electron chi connectivity index (χ1n) is 10.4. The Morgan fingerprint density at radius 3 is 2.65 bits per heavy atom. The number of carboxylic acid groups (broad SMARTS) is 1. The molecule has 0 aliphatic carbocycles. The number of aromatic amines is 1. The lowest BCUT2D eigenvalue weighted by Gasteiger charge is -2.56. The molecule has 2 aliphatic heterocycles. The Morgan fingerprint density at radius 2 is 2.08 bits per heavy atom. The van der Waals surface area contributed by atoms with Crippen LogP contribution in [-0.2, 0) is 23.7 Å². The summed E-state index contributed by atoms with van der Waals surface area (Å²) in [5.74, 6) is -3.43. The molecule has 2 aliphatic rings. The number of thioether (sulfide) groups is 2. The van der Waals surface area contributed by atoms with Crippen LogP contribution in [0.1, 0.15) is 11.7 Å². The molecule has 0 radical (unpaired) electrons. The van der Waals surface area contributed by atoms with E-state index >= 15 is 0 Å². The van der Waals surface area contributed by atoms with E-state index in [2.05, 4.69) is 25.9 Å². The molecule has 4 rings (SSSR count). The third kappa shape index (κ3) is 5.29. The molecule has 0 bridgehead atoms. The van der Waals surface area contributed by atoms with E-state index in [0.717, 1.165) is 35.5 Å². The van der Waals surface area contributed by atoms with E-state index in [1.54, 1.807) is 18.2 Å². The zero-order valence-corrected chi connectivity index (χ0v) is 21.4. The first-order valence-corrected chi connectivity index (χ1v) is 14.2. The van der Waals surface area contributed by atoms with E-state index in [1.807, 2.05) is 0 Å². The molecule has 2 unspecified atom stereocenters. The summed E-state index contributed by atoms with van der Waals surface area (Å²) in [4.78, 5) is 58.5. The van der Waals surface area contributed by atoms with E-state index in [4.69, 9.17) is 4.74 Å². The standard InChI is InChI=1S/C19H21N6O9PS2/c1-34-19(20-14(27)13(26)9-5-3-2-4-6-9)16(30)25-12(15(28)29)10(8-36-17(19)25)11(7-35(31,32)33)37-18-21-23-24-22-18/h2-6,11,13,17,26H,7-8H2,1H3,(H,20,27)(H,28,29)(H2,31,32,33)(H,21,22,23,24)/t11?,13?,17-,19-/m0/s1. The number of carbonyl (C=O) groups is 3. The number of nitrogens with one attached hydrogen (secondary N) is 2. The fourth-order valence-corrected chi connectivity index (χ4v) is 7.90. The Kier molecular flexibility index (Phi) is 7.75. The van der Waals surface area contributed by atoms with Crippen molar-refractivity contribution in [2.24, 2.45) is 0 Å². The minimum Gasteiger partial charge on any atom is -0.477 e. The molecule has 18 heteroatoms. The maximum atomic E-state index is 13.3. The quantitative estimate of drug-likeness (QED) is 0.0894. The van der Waals surface area contributed by atoms with Crippen LogP contribution in [0.3, 0.4) is 0 Å². The number of aliphatic carboxylic acids is 1. The van der Waals surface area contributed by atoms with Crippen LogP contribution in [0.15, 0.2) is 46.8 Å². The first-order chi connectivity index (χ1) is 17.5. The number of methoxy groups -OCH3 is 1. The monoisotopic (exact) mass is 572 g/mol. The molecule has 2 aromatic rings. The first kappa shape index (κ1) is 27.3. The second-order valence-electron chi connectivity index (χ2n) is 7.92. The summed E-state index contributed by atoms with van der Waals surface area (Å²) < 4.78 is 17.2. The third-order valence-corrected chi connectivity index (χ3v) is 9.19. The van der Waals surface area contributed by atoms with Crippen molar-refractivity contribution in [3.05, 3.63) is 47.2 Å². The molecular weight excluding hydrogens is 551 g/mol. The van der Waals surface area contributed by atoms with Crippen LogP contribution in [0.5, 0.6) is 0 Å². The molecule has 2 amide bonds. The van der Waals surface area contributed by atoms with Gasteiger partial charge in [0.1, 0.15) is 11.1 Å². The van der Waals surface area contributed by atoms with Crippen LogP contribution < -0.4 is 5.32 Å². The van der Waals surface area contributed by atoms with Crippen molar-refractivity contribution in [1.29, 1.82) is 0 Å². The van der Waals surface area contributed by atoms with Crippen LogP contribution in [0.4, 0.5) is 0 Å². The predicted octanol–water partition coefficient (Wildman–Crippen LogP) is -0.716. The van der Waals surface area contributed by atoms with Gasteiger partial charge in [0.2, 0.25) is 5.16 Å². The summed E-state index contributed by atoms with van der Waals surface area (Å²) in [5.41, 5.74) is -2.12. The van der Waals surface area contributed by atoms with Gasteiger partial charge in [0.25, 0.3) is 17.5 Å². The van der Waals surface area contributed by atoms with Crippen molar-refractivity contribution in [3.63, 3.8) is 0 Å². The number of fused-ring (bicyclic) bond motifs is 1. The normalized spacial score (nSPS) is 23.2. The number of hydrogen-bond donors (Lipinski definition) is 6. The second kappa shape index (κ2) is 10.5. The number of benzene rings is 1. The van der Waals surface area contributed by atoms with Gasteiger partial charge in [-0.05, 0) is 21.6 Å². The van der Waals surface area contributed by atoms with Gasteiger partial charge in [-0.25, -0.2) is 9.89 Å². The summed E-state index contributed by atoms with van der Waals surface area (Å²) in [6.45, 7) is 0. The van der Waals surface area contributed by atoms with Gasteiger partial charge in [0.05, 0.1) is 6.16 Å². The predicted molar refractivity (Wildman–Crippen MR) is 128 cm³/mol. The number of β-lactam (4-membered cyclic amide) rings is 1. The maximum absolute atomic E-state index is 13.3. The number of hydrogen-bond acceptors (Lipinski definition) is 11. The fraction of sp³-hybridized carbons (Fsp3) is 0.368. The van der Waals surface area contributed by atoms with Gasteiger partial charge in [-0.2, -0.15) is 0 Å². The maximum Gasteiger partial charge on any atom is 0.352 e. The molecule has 4 atom stereocenters. The largest absolute Gasteiger partial charge is 0.477 e. The van der Waals surface area contributed by atoms with Crippen molar-refractivity contribution in [2.75, 3.05) is 19.0 Å². The van der Waals surface area contributed by atoms with Crippen molar-refractivity contribution < 1.29 is 43.7 Å². The third-order valence-electron chi connectivity index (χ3n) is 5.63. The van der Waals surface area contributed by atoms with E-state index in [0.29, 0.717) is 0 Å². The second-order valence-corrected chi connectivity index (χ2v) is 11.9. The Bertz CT molecular complexity index is 1270. The van der Waals surface area contributed by atoms with Gasteiger partial charge < -0.3 is 30.1 Å². The van der Waals surface area contributed by atoms with Gasteiger partial charge in [0, 0.05) is 18.1 Å². The number of tetrazole rings is 1. The number of aromatic nitrogens is 4. The number of aliphatic hydroxyl groups excluding tert-OH is 1. The van der Waals surface area contributed by atoms with Crippen LogP contribution in [0.2, 0.25) is 0 Å². The van der Waals surface area contributed by atoms with E-state index in [9.17, 15) is 38.9 Å². The average Bonchev–Trinajstić information content (AvgIpc) is 3.37. The zero-order valence-electron chi connectivity index (χ0n) is 18.9. The lowest BCUT2D eigenvalue weighted by Crippen LogP contribution is -2.81. The van der Waals surface area contributed by atoms with E-state index < -0.39 is 59.7 Å². The van der Waals surface area contributed by atoms with Gasteiger partial charge in [0.15, 0.2) is 6.10 Å². The molecule has 0 saturated carbocycles. The van der Waals surface area contributed by atoms with Crippen LogP contribution >= 0.6 is 31.1 Å². The highest BCUT2D eigenvalue weighted by atomic mass is 32.2. The minimum absolute atomic E-state index is 0.0622. The zero-order chi connectivity index (χ0) is 27.0. The summed E-state index contributed by atoms with van der Waals surface area (Å²) in [7, 11) is -3.48. The van der Waals surface area contributed by atoms with Crippen LogP contribution in [0, 0.1) is 0 Å². The van der Waals surface area contributed by atoms with Crippen molar-refractivity contribution in [2.45, 2.75) is 27.6 Å². The topological polar surface area (TPSA) is 228 Å². The number of ether oxygens (including phenoxy) is 1. The SMILES string of the molecule is CO[C@@]1(NC(=O)C(O)c2ccccc2)C(=O)N2C(C(=O)O)=C(C(CP(=O)(O)O)Sc3nnn[nH]3)CS[C@H]21. The fourth-order valence-electron chi connectivity index (χ4n) is 3.96. The highest BCUT2D eigenvalue weighted by Gasteiger charge is 2.67. The number of aliphatic hydroxyl groups is 1. The van der Waals surface area contributed by atoms with Gasteiger partial charge in [-0.3, -0.25) is 19.1 Å². The molecule has 3 heterocycles. The molecule has 0 spiro atoms. The summed E-state index contributed by atoms with van der Waals surface area (Å²) in [6.07, 6.45) is -2.36. The molecule has 1 aromatic carbocycles. The number of H-pyrrole nitrogens is 1. The highest BCUT2D eigenvalue weighted by molar-refractivity contribution is 8.01. The van der Waals surface area contributed by atoms with Crippen LogP contribution in [-0.4, -0.2) is 98.7 Å².